The van der Waals surface area contributed by atoms with Crippen LogP contribution in [0.3, 0.4) is 0 Å². The lowest BCUT2D eigenvalue weighted by molar-refractivity contribution is -0.205. The van der Waals surface area contributed by atoms with Crippen LogP contribution in [0.25, 0.3) is 0 Å². The molecule has 4 fully saturated rings. The molecule has 0 aromatic carbocycles. The van der Waals surface area contributed by atoms with Crippen LogP contribution >= 0.6 is 0 Å². The number of aliphatic hydroxyl groups is 2. The summed E-state index contributed by atoms with van der Waals surface area (Å²) in [6, 6.07) is 3.17. The number of hydrogen-bond donors (Lipinski definition) is 2. The average Bonchev–Trinajstić information content (AvgIpc) is 2.95. The Kier molecular flexibility index (Phi) is 5.14. The largest absolute Gasteiger partial charge is 0.462 e. The predicted octanol–water partition coefficient (Wildman–Crippen LogP) is 3.78. The molecule has 9 atom stereocenters. The lowest BCUT2D eigenvalue weighted by atomic mass is 9.43. The van der Waals surface area contributed by atoms with Crippen molar-refractivity contribution in [3.63, 3.8) is 0 Å². The Balaban J connectivity index is 1.55. The molecule has 32 heavy (non-hydrogen) atoms. The van der Waals surface area contributed by atoms with Crippen molar-refractivity contribution in [2.75, 3.05) is 0 Å². The lowest BCUT2D eigenvalue weighted by Gasteiger charge is -2.63. The summed E-state index contributed by atoms with van der Waals surface area (Å²) >= 11 is 0. The zero-order valence-electron chi connectivity index (χ0n) is 19.4. The van der Waals surface area contributed by atoms with Crippen molar-refractivity contribution in [1.29, 1.82) is 0 Å². The molecule has 0 spiro atoms. The Bertz CT molecular complexity index is 935. The molecule has 1 aromatic heterocycles. The molecule has 6 nitrogen and oxygen atoms in total. The topological polar surface area (TPSA) is 97.0 Å². The van der Waals surface area contributed by atoms with Gasteiger partial charge in [0.05, 0.1) is 18.0 Å². The molecule has 0 saturated heterocycles. The van der Waals surface area contributed by atoms with Gasteiger partial charge in [-0.25, -0.2) is 4.79 Å². The van der Waals surface area contributed by atoms with Gasteiger partial charge in [-0.15, -0.1) is 0 Å². The molecule has 0 radical (unpaired) electrons. The number of rotatable bonds is 2. The van der Waals surface area contributed by atoms with Crippen LogP contribution in [0.4, 0.5) is 0 Å². The Hall–Kier alpha value is -1.66. The Morgan fingerprint density at radius 3 is 2.59 bits per heavy atom. The first-order chi connectivity index (χ1) is 15.1. The van der Waals surface area contributed by atoms with E-state index < -0.39 is 22.7 Å². The lowest BCUT2D eigenvalue weighted by Crippen LogP contribution is -2.62. The maximum atomic E-state index is 12.5. The van der Waals surface area contributed by atoms with Gasteiger partial charge in [-0.1, -0.05) is 13.8 Å². The first-order valence-corrected chi connectivity index (χ1v) is 12.2. The summed E-state index contributed by atoms with van der Waals surface area (Å²) in [7, 11) is 0. The molecule has 4 aliphatic carbocycles. The van der Waals surface area contributed by atoms with Gasteiger partial charge in [-0.2, -0.15) is 0 Å². The number of hydrogen-bond acceptors (Lipinski definition) is 6. The van der Waals surface area contributed by atoms with E-state index in [4.69, 9.17) is 9.15 Å². The van der Waals surface area contributed by atoms with Crippen molar-refractivity contribution in [1.82, 2.24) is 0 Å². The molecule has 1 heterocycles. The summed E-state index contributed by atoms with van der Waals surface area (Å²) in [5.74, 6) is 0.469. The van der Waals surface area contributed by atoms with Gasteiger partial charge in [0.1, 0.15) is 6.10 Å². The summed E-state index contributed by atoms with van der Waals surface area (Å²) < 4.78 is 11.0. The highest BCUT2D eigenvalue weighted by molar-refractivity contribution is 5.66. The number of carbonyl (C=O) groups is 1. The molecule has 5 rings (SSSR count). The van der Waals surface area contributed by atoms with Gasteiger partial charge in [0.25, 0.3) is 0 Å². The monoisotopic (exact) mass is 444 g/mol. The van der Waals surface area contributed by atoms with Crippen LogP contribution in [0.15, 0.2) is 27.6 Å². The summed E-state index contributed by atoms with van der Waals surface area (Å²) in [5, 5.41) is 22.7. The average molecular weight is 445 g/mol. The molecule has 0 aliphatic heterocycles. The van der Waals surface area contributed by atoms with E-state index in [-0.39, 0.29) is 29.3 Å². The summed E-state index contributed by atoms with van der Waals surface area (Å²) in [5.41, 5.74) is -0.903. The molecule has 6 heteroatoms. The van der Waals surface area contributed by atoms with Gasteiger partial charge in [0, 0.05) is 30.7 Å². The van der Waals surface area contributed by atoms with E-state index in [1.165, 1.54) is 19.3 Å². The number of fused-ring (bicyclic) bond motifs is 5. The zero-order chi connectivity index (χ0) is 22.9. The fourth-order valence-corrected chi connectivity index (χ4v) is 8.67. The van der Waals surface area contributed by atoms with E-state index in [0.717, 1.165) is 50.5 Å². The van der Waals surface area contributed by atoms with Crippen molar-refractivity contribution in [3.8, 4) is 0 Å². The number of ether oxygens (including phenoxy) is 1. The third kappa shape index (κ3) is 3.05. The fourth-order valence-electron chi connectivity index (χ4n) is 8.67. The van der Waals surface area contributed by atoms with Gasteiger partial charge >= 0.3 is 11.6 Å². The van der Waals surface area contributed by atoms with E-state index >= 15 is 0 Å². The summed E-state index contributed by atoms with van der Waals surface area (Å²) in [6.07, 6.45) is 7.78. The molecular formula is C26H36O6. The highest BCUT2D eigenvalue weighted by Gasteiger charge is 2.70. The van der Waals surface area contributed by atoms with Crippen LogP contribution in [-0.2, 0) is 9.53 Å². The number of esters is 1. The van der Waals surface area contributed by atoms with Gasteiger partial charge in [0.2, 0.25) is 0 Å². The molecule has 0 amide bonds. The third-order valence-electron chi connectivity index (χ3n) is 10.2. The predicted molar refractivity (Wildman–Crippen MR) is 118 cm³/mol. The molecule has 1 aromatic rings. The summed E-state index contributed by atoms with van der Waals surface area (Å²) in [6.45, 7) is 5.94. The van der Waals surface area contributed by atoms with Gasteiger partial charge in [0.15, 0.2) is 0 Å². The SMILES string of the molecule is CC(=O)O[C@H]1C[C@]2(O)[C@@H]3CC[C@H]4C[C@@H](O)CC[C@]4(C)[C@@H]3CC[C@]2(C)[C@H]1c1ccc(=O)oc1. The summed E-state index contributed by atoms with van der Waals surface area (Å²) in [4.78, 5) is 23.6. The third-order valence-corrected chi connectivity index (χ3v) is 10.2. The molecule has 0 unspecified atom stereocenters. The second-order valence-electron chi connectivity index (χ2n) is 11.5. The van der Waals surface area contributed by atoms with Crippen molar-refractivity contribution in [2.45, 2.75) is 95.9 Å². The van der Waals surface area contributed by atoms with Crippen LogP contribution in [0, 0.1) is 28.6 Å². The van der Waals surface area contributed by atoms with Crippen molar-refractivity contribution in [3.05, 3.63) is 34.4 Å². The molecule has 4 saturated carbocycles. The Morgan fingerprint density at radius 1 is 1.12 bits per heavy atom. The number of carbonyl (C=O) groups excluding carboxylic acids is 1. The van der Waals surface area contributed by atoms with Gasteiger partial charge in [-0.3, -0.25) is 4.79 Å². The van der Waals surface area contributed by atoms with E-state index in [0.29, 0.717) is 18.3 Å². The minimum Gasteiger partial charge on any atom is -0.462 e. The molecule has 2 N–H and O–H groups in total. The number of aliphatic hydroxyl groups excluding tert-OH is 1. The van der Waals surface area contributed by atoms with E-state index in [9.17, 15) is 19.8 Å². The first-order valence-electron chi connectivity index (χ1n) is 12.2. The van der Waals surface area contributed by atoms with E-state index in [1.54, 1.807) is 6.07 Å². The van der Waals surface area contributed by atoms with Crippen molar-refractivity contribution < 1.29 is 24.2 Å². The van der Waals surface area contributed by atoms with Crippen LogP contribution in [0.2, 0.25) is 0 Å². The highest BCUT2D eigenvalue weighted by atomic mass is 16.5. The standard InChI is InChI=1S/C26H36O6/c1-15(27)32-21-13-26(30)20-6-5-17-12-18(28)8-10-24(17,2)19(20)9-11-25(26,3)23(21)16-4-7-22(29)31-14-16/h4,7,14,17-21,23,28,30H,5-6,8-13H2,1-3H3/t17-,18-,19+,20+,21-,23-,24-,25+,26-/m0/s1. The minimum atomic E-state index is -0.957. The van der Waals surface area contributed by atoms with Gasteiger partial charge < -0.3 is 19.4 Å². The molecule has 0 bridgehead atoms. The molecule has 4 aliphatic rings. The normalized spacial score (nSPS) is 47.8. The van der Waals surface area contributed by atoms with Crippen LogP contribution in [-0.4, -0.2) is 34.0 Å². The highest BCUT2D eigenvalue weighted by Crippen LogP contribution is 2.70. The molecule has 176 valence electrons. The van der Waals surface area contributed by atoms with Crippen LogP contribution in [0.5, 0.6) is 0 Å². The van der Waals surface area contributed by atoms with Crippen molar-refractivity contribution >= 4 is 5.97 Å². The first kappa shape index (κ1) is 22.1. The smallest absolute Gasteiger partial charge is 0.335 e. The van der Waals surface area contributed by atoms with Crippen LogP contribution < -0.4 is 5.63 Å². The second kappa shape index (κ2) is 7.42. The van der Waals surface area contributed by atoms with E-state index in [2.05, 4.69) is 13.8 Å². The molecular weight excluding hydrogens is 408 g/mol. The Labute approximate surface area is 189 Å². The van der Waals surface area contributed by atoms with Crippen molar-refractivity contribution in [2.24, 2.45) is 28.6 Å². The van der Waals surface area contributed by atoms with E-state index in [1.807, 2.05) is 0 Å². The second-order valence-corrected chi connectivity index (χ2v) is 11.5. The maximum Gasteiger partial charge on any atom is 0.335 e. The van der Waals surface area contributed by atoms with Gasteiger partial charge in [-0.05, 0) is 79.7 Å². The minimum absolute atomic E-state index is 0.133. The quantitative estimate of drug-likeness (QED) is 0.674. The zero-order valence-corrected chi connectivity index (χ0v) is 19.4. The fraction of sp³-hybridized carbons (Fsp3) is 0.769. The maximum absolute atomic E-state index is 12.5. The Morgan fingerprint density at radius 2 is 1.91 bits per heavy atom. The van der Waals surface area contributed by atoms with Crippen LogP contribution in [0.1, 0.15) is 83.6 Å².